The van der Waals surface area contributed by atoms with Gasteiger partial charge < -0.3 is 14.6 Å². The lowest BCUT2D eigenvalue weighted by Crippen LogP contribution is -2.70. The average Bonchev–Trinajstić information content (AvgIpc) is 2.76. The largest absolute Gasteiger partial charge is 0.392 e. The first-order chi connectivity index (χ1) is 15.1. The Morgan fingerprint density at radius 2 is 1.66 bits per heavy atom. The number of likely N-dealkylation sites (tertiary alicyclic amines) is 1. The number of hydrogen-bond donors (Lipinski definition) is 1. The van der Waals surface area contributed by atoms with Crippen LogP contribution in [0.15, 0.2) is 73.3 Å². The van der Waals surface area contributed by atoms with Crippen molar-refractivity contribution in [3.8, 4) is 0 Å². The molecule has 2 aromatic carbocycles. The summed E-state index contributed by atoms with van der Waals surface area (Å²) in [6.07, 6.45) is 1.69. The third-order valence-electron chi connectivity index (χ3n) is 6.55. The molecule has 1 aliphatic heterocycles. The van der Waals surface area contributed by atoms with Crippen molar-refractivity contribution in [1.82, 2.24) is 4.90 Å². The van der Waals surface area contributed by atoms with Crippen LogP contribution in [0, 0.1) is 0 Å². The van der Waals surface area contributed by atoms with Crippen molar-refractivity contribution in [3.05, 3.63) is 84.4 Å². The molecule has 3 rings (SSSR count). The number of aliphatic hydroxyl groups is 1. The first-order valence-electron chi connectivity index (χ1n) is 11.6. The molecule has 1 N–H and O–H groups in total. The molecule has 174 valence electrons. The van der Waals surface area contributed by atoms with Crippen LogP contribution >= 0.6 is 0 Å². The Morgan fingerprint density at radius 3 is 2.22 bits per heavy atom. The Kier molecular flexibility index (Phi) is 7.94. The van der Waals surface area contributed by atoms with Crippen molar-refractivity contribution in [1.29, 1.82) is 0 Å². The predicted molar refractivity (Wildman–Crippen MR) is 130 cm³/mol. The van der Waals surface area contributed by atoms with Gasteiger partial charge in [0.25, 0.3) is 0 Å². The summed E-state index contributed by atoms with van der Waals surface area (Å²) in [5.41, 5.74) is 1.71. The first kappa shape index (κ1) is 24.7. The zero-order chi connectivity index (χ0) is 23.4. The number of benzene rings is 2. The Hall–Kier alpha value is -1.98. The fraction of sp³-hybridized carbons (Fsp3) is 0.500. The summed E-state index contributed by atoms with van der Waals surface area (Å²) in [5, 5.41) is 10.2. The molecular formula is C28H39NO3. The van der Waals surface area contributed by atoms with E-state index < -0.39 is 6.10 Å². The van der Waals surface area contributed by atoms with Gasteiger partial charge in [0.05, 0.1) is 18.8 Å². The third kappa shape index (κ3) is 5.68. The van der Waals surface area contributed by atoms with Gasteiger partial charge in [-0.1, -0.05) is 66.7 Å². The number of ether oxygens (including phenoxy) is 2. The highest BCUT2D eigenvalue weighted by molar-refractivity contribution is 5.21. The molecule has 1 fully saturated rings. The number of aliphatic hydroxyl groups excluding tert-OH is 1. The zero-order valence-corrected chi connectivity index (χ0v) is 20.2. The van der Waals surface area contributed by atoms with E-state index in [0.29, 0.717) is 13.2 Å². The second kappa shape index (κ2) is 10.3. The molecule has 0 spiro atoms. The molecule has 32 heavy (non-hydrogen) atoms. The maximum Gasteiger partial charge on any atom is 0.103 e. The highest BCUT2D eigenvalue weighted by Gasteiger charge is 2.53. The van der Waals surface area contributed by atoms with E-state index in [9.17, 15) is 5.11 Å². The van der Waals surface area contributed by atoms with E-state index in [-0.39, 0.29) is 29.4 Å². The van der Waals surface area contributed by atoms with Gasteiger partial charge in [-0.05, 0) is 52.2 Å². The minimum Gasteiger partial charge on any atom is -0.392 e. The first-order valence-corrected chi connectivity index (χ1v) is 11.6. The van der Waals surface area contributed by atoms with Gasteiger partial charge >= 0.3 is 0 Å². The number of rotatable bonds is 9. The quantitative estimate of drug-likeness (QED) is 0.524. The van der Waals surface area contributed by atoms with Crippen LogP contribution in [0.25, 0.3) is 0 Å². The molecule has 4 unspecified atom stereocenters. The summed E-state index contributed by atoms with van der Waals surface area (Å²) in [6, 6.07) is 20.5. The van der Waals surface area contributed by atoms with Crippen LogP contribution in [0.1, 0.15) is 58.3 Å². The average molecular weight is 438 g/mol. The van der Waals surface area contributed by atoms with Gasteiger partial charge in [-0.2, -0.15) is 0 Å². The predicted octanol–water partition coefficient (Wildman–Crippen LogP) is 5.53. The van der Waals surface area contributed by atoms with Gasteiger partial charge in [0, 0.05) is 17.6 Å². The molecule has 4 atom stereocenters. The molecule has 2 aromatic rings. The van der Waals surface area contributed by atoms with Crippen LogP contribution in [-0.4, -0.2) is 45.9 Å². The molecule has 0 aliphatic carbocycles. The van der Waals surface area contributed by atoms with Crippen molar-refractivity contribution in [2.45, 2.75) is 83.1 Å². The van der Waals surface area contributed by atoms with Crippen molar-refractivity contribution < 1.29 is 14.6 Å². The van der Waals surface area contributed by atoms with Crippen molar-refractivity contribution >= 4 is 0 Å². The third-order valence-corrected chi connectivity index (χ3v) is 6.55. The van der Waals surface area contributed by atoms with E-state index in [0.717, 1.165) is 17.5 Å². The zero-order valence-electron chi connectivity index (χ0n) is 20.2. The summed E-state index contributed by atoms with van der Waals surface area (Å²) in [7, 11) is 0. The lowest BCUT2D eigenvalue weighted by atomic mass is 9.75. The van der Waals surface area contributed by atoms with Crippen molar-refractivity contribution in [2.24, 2.45) is 0 Å². The van der Waals surface area contributed by atoms with Crippen molar-refractivity contribution in [3.63, 3.8) is 0 Å². The van der Waals surface area contributed by atoms with E-state index in [2.05, 4.69) is 63.4 Å². The highest BCUT2D eigenvalue weighted by atomic mass is 16.5. The number of β-amino-alcohol motifs (C(OH)–C–C–N with tert-alkyl or cyclic N) is 1. The normalized spacial score (nSPS) is 24.6. The summed E-state index contributed by atoms with van der Waals surface area (Å²) in [5.74, 6) is 0. The molecule has 0 radical (unpaired) electrons. The Balaban J connectivity index is 1.92. The number of piperidine rings is 1. The lowest BCUT2D eigenvalue weighted by molar-refractivity contribution is -0.214. The number of nitrogens with zero attached hydrogens (tertiary/aromatic N) is 1. The SMILES string of the molecule is C=CC(OC1C(OCc2ccccc2)CC(C)(C)N(CC(C)O)C1(C)C)c1ccccc1. The fourth-order valence-electron chi connectivity index (χ4n) is 5.09. The van der Waals surface area contributed by atoms with Crippen LogP contribution in [0.4, 0.5) is 0 Å². The maximum absolute atomic E-state index is 10.2. The molecular weight excluding hydrogens is 398 g/mol. The highest BCUT2D eigenvalue weighted by Crippen LogP contribution is 2.43. The van der Waals surface area contributed by atoms with Crippen LogP contribution in [0.3, 0.4) is 0 Å². The smallest absolute Gasteiger partial charge is 0.103 e. The minimum absolute atomic E-state index is 0.100. The summed E-state index contributed by atoms with van der Waals surface area (Å²) >= 11 is 0. The van der Waals surface area contributed by atoms with Crippen LogP contribution in [-0.2, 0) is 16.1 Å². The van der Waals surface area contributed by atoms with Gasteiger partial charge in [0.2, 0.25) is 0 Å². The Morgan fingerprint density at radius 1 is 1.06 bits per heavy atom. The van der Waals surface area contributed by atoms with Gasteiger partial charge in [0.1, 0.15) is 12.2 Å². The fourth-order valence-corrected chi connectivity index (χ4v) is 5.09. The molecule has 4 nitrogen and oxygen atoms in total. The maximum atomic E-state index is 10.2. The molecule has 0 amide bonds. The second-order valence-corrected chi connectivity index (χ2v) is 10.1. The summed E-state index contributed by atoms with van der Waals surface area (Å²) in [6.45, 7) is 15.9. The van der Waals surface area contributed by atoms with E-state index >= 15 is 0 Å². The Bertz CT molecular complexity index is 847. The standard InChI is InChI=1S/C28H39NO3/c1-7-24(23-16-12-9-13-17-23)32-26-25(31-20-22-14-10-8-11-15-22)18-27(3,4)29(19-21(2)30)28(26,5)6/h7-17,21,24-26,30H,1,18-20H2,2-6H3. The van der Waals surface area contributed by atoms with Crippen molar-refractivity contribution in [2.75, 3.05) is 6.54 Å². The molecule has 0 aromatic heterocycles. The monoisotopic (exact) mass is 437 g/mol. The summed E-state index contributed by atoms with van der Waals surface area (Å²) < 4.78 is 13.3. The molecule has 0 bridgehead atoms. The second-order valence-electron chi connectivity index (χ2n) is 10.1. The van der Waals surface area contributed by atoms with Crippen LogP contribution < -0.4 is 0 Å². The van der Waals surface area contributed by atoms with Crippen LogP contribution in [0.5, 0.6) is 0 Å². The summed E-state index contributed by atoms with van der Waals surface area (Å²) in [4.78, 5) is 2.38. The topological polar surface area (TPSA) is 41.9 Å². The molecule has 0 saturated carbocycles. The van der Waals surface area contributed by atoms with Gasteiger partial charge in [0.15, 0.2) is 0 Å². The van der Waals surface area contributed by atoms with Gasteiger partial charge in [-0.3, -0.25) is 4.90 Å². The van der Waals surface area contributed by atoms with E-state index in [1.165, 1.54) is 0 Å². The Labute approximate surface area is 193 Å². The van der Waals surface area contributed by atoms with Gasteiger partial charge in [-0.25, -0.2) is 0 Å². The van der Waals surface area contributed by atoms with E-state index in [4.69, 9.17) is 9.47 Å². The number of hydrogen-bond acceptors (Lipinski definition) is 4. The van der Waals surface area contributed by atoms with E-state index in [1.807, 2.05) is 49.4 Å². The molecule has 1 aliphatic rings. The molecule has 1 heterocycles. The molecule has 1 saturated heterocycles. The molecule has 4 heteroatoms. The minimum atomic E-state index is -0.430. The van der Waals surface area contributed by atoms with E-state index in [1.54, 1.807) is 0 Å². The lowest BCUT2D eigenvalue weighted by Gasteiger charge is -2.59. The van der Waals surface area contributed by atoms with Gasteiger partial charge in [-0.15, -0.1) is 6.58 Å². The van der Waals surface area contributed by atoms with Crippen LogP contribution in [0.2, 0.25) is 0 Å².